The summed E-state index contributed by atoms with van der Waals surface area (Å²) >= 11 is 0. The van der Waals surface area contributed by atoms with Crippen LogP contribution in [0.4, 0.5) is 0 Å². The SMILES string of the molecule is N#Cc1ccc2[nH]cc(C(=O)C3CCCCN3)c2c1. The zero-order valence-electron chi connectivity index (χ0n) is 10.6. The summed E-state index contributed by atoms with van der Waals surface area (Å²) in [5, 5.41) is 13.1. The average molecular weight is 253 g/mol. The molecule has 19 heavy (non-hydrogen) atoms. The highest BCUT2D eigenvalue weighted by Crippen LogP contribution is 2.22. The molecule has 0 amide bonds. The van der Waals surface area contributed by atoms with Crippen LogP contribution >= 0.6 is 0 Å². The predicted molar refractivity (Wildman–Crippen MR) is 73.0 cm³/mol. The molecular weight excluding hydrogens is 238 g/mol. The van der Waals surface area contributed by atoms with Gasteiger partial charge in [0.15, 0.2) is 5.78 Å². The maximum atomic E-state index is 12.5. The Hall–Kier alpha value is -2.12. The van der Waals surface area contributed by atoms with E-state index in [4.69, 9.17) is 5.26 Å². The molecular formula is C15H15N3O. The predicted octanol–water partition coefficient (Wildman–Crippen LogP) is 2.36. The number of fused-ring (bicyclic) bond motifs is 1. The third-order valence-corrected chi connectivity index (χ3v) is 3.70. The van der Waals surface area contributed by atoms with Crippen LogP contribution in [0, 0.1) is 11.3 Å². The molecule has 1 aromatic heterocycles. The highest BCUT2D eigenvalue weighted by atomic mass is 16.1. The minimum absolute atomic E-state index is 0.0847. The zero-order chi connectivity index (χ0) is 13.2. The number of carbonyl (C=O) groups excluding carboxylic acids is 1. The molecule has 0 aliphatic carbocycles. The number of hydrogen-bond donors (Lipinski definition) is 2. The minimum Gasteiger partial charge on any atom is -0.360 e. The van der Waals surface area contributed by atoms with Crippen molar-refractivity contribution in [2.24, 2.45) is 0 Å². The van der Waals surface area contributed by atoms with Crippen molar-refractivity contribution in [2.75, 3.05) is 6.54 Å². The first kappa shape index (κ1) is 11.9. The normalized spacial score (nSPS) is 19.2. The summed E-state index contributed by atoms with van der Waals surface area (Å²) < 4.78 is 0. The second-order valence-corrected chi connectivity index (χ2v) is 4.94. The van der Waals surface area contributed by atoms with Crippen LogP contribution in [0.1, 0.15) is 35.2 Å². The van der Waals surface area contributed by atoms with Crippen molar-refractivity contribution in [3.8, 4) is 6.07 Å². The number of nitriles is 1. The highest BCUT2D eigenvalue weighted by Gasteiger charge is 2.24. The van der Waals surface area contributed by atoms with Crippen LogP contribution in [-0.2, 0) is 0 Å². The van der Waals surface area contributed by atoms with Gasteiger partial charge >= 0.3 is 0 Å². The molecule has 1 aliphatic rings. The lowest BCUT2D eigenvalue weighted by molar-refractivity contribution is 0.0929. The molecule has 3 rings (SSSR count). The van der Waals surface area contributed by atoms with Crippen molar-refractivity contribution in [1.29, 1.82) is 5.26 Å². The van der Waals surface area contributed by atoms with E-state index in [1.165, 1.54) is 0 Å². The second-order valence-electron chi connectivity index (χ2n) is 4.94. The summed E-state index contributed by atoms with van der Waals surface area (Å²) in [6.45, 7) is 0.905. The Labute approximate surface area is 111 Å². The van der Waals surface area contributed by atoms with Gasteiger partial charge in [-0.05, 0) is 37.6 Å². The van der Waals surface area contributed by atoms with E-state index in [9.17, 15) is 4.79 Å². The number of nitrogens with one attached hydrogen (secondary N) is 2. The van der Waals surface area contributed by atoms with Crippen molar-refractivity contribution in [3.63, 3.8) is 0 Å². The van der Waals surface area contributed by atoms with Crippen molar-refractivity contribution < 1.29 is 4.79 Å². The number of aromatic nitrogens is 1. The van der Waals surface area contributed by atoms with E-state index >= 15 is 0 Å². The summed E-state index contributed by atoms with van der Waals surface area (Å²) in [4.78, 5) is 15.6. The van der Waals surface area contributed by atoms with Gasteiger partial charge in [-0.25, -0.2) is 0 Å². The van der Waals surface area contributed by atoms with Crippen LogP contribution in [0.3, 0.4) is 0 Å². The van der Waals surface area contributed by atoms with Gasteiger partial charge in [0.05, 0.1) is 17.7 Å². The molecule has 0 radical (unpaired) electrons. The van der Waals surface area contributed by atoms with Gasteiger partial charge in [-0.3, -0.25) is 4.79 Å². The van der Waals surface area contributed by atoms with Gasteiger partial charge in [-0.15, -0.1) is 0 Å². The monoisotopic (exact) mass is 253 g/mol. The van der Waals surface area contributed by atoms with Gasteiger partial charge in [-0.1, -0.05) is 6.42 Å². The van der Waals surface area contributed by atoms with E-state index in [0.29, 0.717) is 11.1 Å². The fourth-order valence-corrected chi connectivity index (χ4v) is 2.66. The molecule has 4 nitrogen and oxygen atoms in total. The number of piperidine rings is 1. The van der Waals surface area contributed by atoms with Crippen LogP contribution in [0.15, 0.2) is 24.4 Å². The summed E-state index contributed by atoms with van der Waals surface area (Å²) in [6, 6.07) is 7.41. The van der Waals surface area contributed by atoms with E-state index in [-0.39, 0.29) is 11.8 Å². The topological polar surface area (TPSA) is 68.7 Å². The van der Waals surface area contributed by atoms with E-state index < -0.39 is 0 Å². The number of aromatic amines is 1. The summed E-state index contributed by atoms with van der Waals surface area (Å²) in [5.41, 5.74) is 2.17. The Bertz CT molecular complexity index is 660. The lowest BCUT2D eigenvalue weighted by Crippen LogP contribution is -2.40. The molecule has 0 bridgehead atoms. The molecule has 96 valence electrons. The average Bonchev–Trinajstić information content (AvgIpc) is 2.90. The molecule has 1 atom stereocenters. The van der Waals surface area contributed by atoms with Crippen molar-refractivity contribution in [3.05, 3.63) is 35.5 Å². The number of hydrogen-bond acceptors (Lipinski definition) is 3. The number of rotatable bonds is 2. The molecule has 0 saturated carbocycles. The summed E-state index contributed by atoms with van der Waals surface area (Å²) in [7, 11) is 0. The van der Waals surface area contributed by atoms with Gasteiger partial charge < -0.3 is 10.3 Å². The number of H-pyrrole nitrogens is 1. The molecule has 4 heteroatoms. The maximum absolute atomic E-state index is 12.5. The number of Topliss-reactive ketones (excluding diaryl/α,β-unsaturated/α-hetero) is 1. The molecule has 2 aromatic rings. The quantitative estimate of drug-likeness (QED) is 0.807. The largest absolute Gasteiger partial charge is 0.360 e. The lowest BCUT2D eigenvalue weighted by Gasteiger charge is -2.21. The Kier molecular flexibility index (Phi) is 3.06. The molecule has 1 saturated heterocycles. The lowest BCUT2D eigenvalue weighted by atomic mass is 9.96. The van der Waals surface area contributed by atoms with Crippen LogP contribution in [0.25, 0.3) is 10.9 Å². The zero-order valence-corrected chi connectivity index (χ0v) is 10.6. The fourth-order valence-electron chi connectivity index (χ4n) is 2.66. The molecule has 2 heterocycles. The first-order valence-corrected chi connectivity index (χ1v) is 6.58. The number of nitrogens with zero attached hydrogens (tertiary/aromatic N) is 1. The highest BCUT2D eigenvalue weighted by molar-refractivity contribution is 6.10. The Balaban J connectivity index is 2.00. The van der Waals surface area contributed by atoms with Crippen LogP contribution in [0.5, 0.6) is 0 Å². The van der Waals surface area contributed by atoms with Gasteiger partial charge in [0.1, 0.15) is 0 Å². The third-order valence-electron chi connectivity index (χ3n) is 3.70. The van der Waals surface area contributed by atoms with E-state index in [0.717, 1.165) is 36.7 Å². The first-order chi connectivity index (χ1) is 9.29. The van der Waals surface area contributed by atoms with Gasteiger partial charge in [0.2, 0.25) is 0 Å². The molecule has 0 spiro atoms. The number of ketones is 1. The van der Waals surface area contributed by atoms with Crippen LogP contribution < -0.4 is 5.32 Å². The Morgan fingerprint density at radius 2 is 2.26 bits per heavy atom. The van der Waals surface area contributed by atoms with Crippen molar-refractivity contribution in [2.45, 2.75) is 25.3 Å². The molecule has 2 N–H and O–H groups in total. The fraction of sp³-hybridized carbons (Fsp3) is 0.333. The van der Waals surface area contributed by atoms with E-state index in [2.05, 4.69) is 16.4 Å². The summed E-state index contributed by atoms with van der Waals surface area (Å²) in [5.74, 6) is 0.126. The first-order valence-electron chi connectivity index (χ1n) is 6.58. The molecule has 1 fully saturated rings. The van der Waals surface area contributed by atoms with Gasteiger partial charge in [-0.2, -0.15) is 5.26 Å². The smallest absolute Gasteiger partial charge is 0.181 e. The van der Waals surface area contributed by atoms with E-state index in [1.807, 2.05) is 6.07 Å². The summed E-state index contributed by atoms with van der Waals surface area (Å²) in [6.07, 6.45) is 4.87. The standard InChI is InChI=1S/C15H15N3O/c16-8-10-4-5-13-11(7-10)12(9-18-13)15(19)14-3-1-2-6-17-14/h4-5,7,9,14,17-18H,1-3,6H2. The minimum atomic E-state index is -0.0847. The third kappa shape index (κ3) is 2.13. The molecule has 1 aromatic carbocycles. The van der Waals surface area contributed by atoms with Gasteiger partial charge in [0.25, 0.3) is 0 Å². The Morgan fingerprint density at radius 3 is 3.00 bits per heavy atom. The number of carbonyl (C=O) groups is 1. The van der Waals surface area contributed by atoms with Crippen molar-refractivity contribution in [1.82, 2.24) is 10.3 Å². The van der Waals surface area contributed by atoms with Crippen LogP contribution in [-0.4, -0.2) is 23.4 Å². The maximum Gasteiger partial charge on any atom is 0.181 e. The number of benzene rings is 1. The van der Waals surface area contributed by atoms with E-state index in [1.54, 1.807) is 18.3 Å². The Morgan fingerprint density at radius 1 is 1.37 bits per heavy atom. The van der Waals surface area contributed by atoms with Crippen molar-refractivity contribution >= 4 is 16.7 Å². The second kappa shape index (κ2) is 4.87. The molecule has 1 aliphatic heterocycles. The van der Waals surface area contributed by atoms with Crippen LogP contribution in [0.2, 0.25) is 0 Å². The molecule has 1 unspecified atom stereocenters. The van der Waals surface area contributed by atoms with Gasteiger partial charge in [0, 0.05) is 22.7 Å².